The first-order valence-corrected chi connectivity index (χ1v) is 22.0. The number of fused-ring (bicyclic) bond motifs is 5. The molecule has 0 unspecified atom stereocenters. The molecular formula is C62H42N2. The number of rotatable bonds is 8. The lowest BCUT2D eigenvalue weighted by Crippen LogP contribution is -1.97. The number of hydrogen-bond acceptors (Lipinski definition) is 0. The maximum atomic E-state index is 2.51. The minimum atomic E-state index is 1.12. The van der Waals surface area contributed by atoms with E-state index in [2.05, 4.69) is 264 Å². The average Bonchev–Trinajstić information content (AvgIpc) is 3.97. The largest absolute Gasteiger partial charge is 0.316 e. The Morgan fingerprint density at radius 2 is 0.609 bits per heavy atom. The molecule has 0 aliphatic rings. The number of aromatic nitrogens is 2. The Balaban J connectivity index is 1.12. The summed E-state index contributed by atoms with van der Waals surface area (Å²) in [5.41, 5.74) is 20.0. The van der Waals surface area contributed by atoms with E-state index in [0.29, 0.717) is 0 Å². The summed E-state index contributed by atoms with van der Waals surface area (Å²) in [5.74, 6) is 0. The second kappa shape index (κ2) is 15.8. The highest BCUT2D eigenvalue weighted by Crippen LogP contribution is 2.42. The first kappa shape index (κ1) is 37.3. The van der Waals surface area contributed by atoms with Crippen LogP contribution in [-0.2, 0) is 0 Å². The van der Waals surface area contributed by atoms with Crippen LogP contribution in [-0.4, -0.2) is 9.13 Å². The van der Waals surface area contributed by atoms with Crippen molar-refractivity contribution < 1.29 is 0 Å². The van der Waals surface area contributed by atoms with Crippen molar-refractivity contribution in [1.29, 1.82) is 0 Å². The van der Waals surface area contributed by atoms with Crippen molar-refractivity contribution in [2.75, 3.05) is 0 Å². The molecule has 2 heterocycles. The Kier molecular flexibility index (Phi) is 9.20. The Labute approximate surface area is 373 Å². The fourth-order valence-corrected chi connectivity index (χ4v) is 9.59. The van der Waals surface area contributed by atoms with Crippen molar-refractivity contribution >= 4 is 32.7 Å². The van der Waals surface area contributed by atoms with E-state index in [1.54, 1.807) is 0 Å². The van der Waals surface area contributed by atoms with Gasteiger partial charge in [-0.3, -0.25) is 0 Å². The van der Waals surface area contributed by atoms with Gasteiger partial charge in [-0.25, -0.2) is 0 Å². The fraction of sp³-hybridized carbons (Fsp3) is 0. The average molecular weight is 815 g/mol. The molecule has 12 aromatic rings. The quantitative estimate of drug-likeness (QED) is 0.145. The van der Waals surface area contributed by atoms with Crippen molar-refractivity contribution in [3.63, 3.8) is 0 Å². The van der Waals surface area contributed by atoms with Crippen molar-refractivity contribution in [2.24, 2.45) is 0 Å². The summed E-state index contributed by atoms with van der Waals surface area (Å²) in [4.78, 5) is 0. The molecule has 12 rings (SSSR count). The summed E-state index contributed by atoms with van der Waals surface area (Å²) in [6.45, 7) is 0. The highest BCUT2D eigenvalue weighted by molar-refractivity contribution is 6.19. The molecule has 0 N–H and O–H groups in total. The predicted molar refractivity (Wildman–Crippen MR) is 270 cm³/mol. The predicted octanol–water partition coefficient (Wildman–Crippen LogP) is 16.7. The second-order valence-corrected chi connectivity index (χ2v) is 16.6. The fourth-order valence-electron chi connectivity index (χ4n) is 9.59. The normalized spacial score (nSPS) is 11.4. The van der Waals surface area contributed by atoms with Gasteiger partial charge in [0.25, 0.3) is 0 Å². The SMILES string of the molecule is c1ccc(-c2cccc(-c3ccc4c(c3)c3ccc5c(ccn5-c5cc(-c6ccccc6)cc(-c6ccccc6)c5)c3n4-c3cc(-c4ccccc4)cc(-c4ccccc4)c3)c2)cc1. The lowest BCUT2D eigenvalue weighted by Gasteiger charge is -2.15. The lowest BCUT2D eigenvalue weighted by atomic mass is 9.97. The van der Waals surface area contributed by atoms with Crippen LogP contribution in [0.3, 0.4) is 0 Å². The van der Waals surface area contributed by atoms with Crippen molar-refractivity contribution in [2.45, 2.75) is 0 Å². The summed E-state index contributed by atoms with van der Waals surface area (Å²) in [7, 11) is 0. The summed E-state index contributed by atoms with van der Waals surface area (Å²) >= 11 is 0. The van der Waals surface area contributed by atoms with Crippen LogP contribution in [0.4, 0.5) is 0 Å². The van der Waals surface area contributed by atoms with E-state index in [1.807, 2.05) is 0 Å². The number of benzene rings is 10. The van der Waals surface area contributed by atoms with Gasteiger partial charge in [0.1, 0.15) is 0 Å². The molecule has 0 spiro atoms. The van der Waals surface area contributed by atoms with Gasteiger partial charge in [-0.1, -0.05) is 182 Å². The van der Waals surface area contributed by atoms with Crippen LogP contribution in [0, 0.1) is 0 Å². The third-order valence-corrected chi connectivity index (χ3v) is 12.7. The van der Waals surface area contributed by atoms with Gasteiger partial charge in [0.05, 0.1) is 16.6 Å². The van der Waals surface area contributed by atoms with Crippen LogP contribution in [0.15, 0.2) is 255 Å². The Hall–Kier alpha value is -8.46. The minimum absolute atomic E-state index is 1.12. The van der Waals surface area contributed by atoms with Gasteiger partial charge >= 0.3 is 0 Å². The molecule has 0 atom stereocenters. The second-order valence-electron chi connectivity index (χ2n) is 16.6. The maximum absolute atomic E-state index is 2.51. The molecule has 0 amide bonds. The first-order valence-electron chi connectivity index (χ1n) is 22.0. The van der Waals surface area contributed by atoms with Gasteiger partial charge in [-0.2, -0.15) is 0 Å². The third kappa shape index (κ3) is 6.70. The number of nitrogens with zero attached hydrogens (tertiary/aromatic N) is 2. The Morgan fingerprint density at radius 3 is 1.11 bits per heavy atom. The van der Waals surface area contributed by atoms with E-state index in [-0.39, 0.29) is 0 Å². The monoisotopic (exact) mass is 814 g/mol. The summed E-state index contributed by atoms with van der Waals surface area (Å²) < 4.78 is 4.88. The molecule has 2 heteroatoms. The summed E-state index contributed by atoms with van der Waals surface area (Å²) in [6, 6.07) is 90.5. The molecule has 0 bridgehead atoms. The summed E-state index contributed by atoms with van der Waals surface area (Å²) in [6.07, 6.45) is 2.25. The van der Waals surface area contributed by atoms with Crippen molar-refractivity contribution in [3.05, 3.63) is 255 Å². The van der Waals surface area contributed by atoms with Crippen LogP contribution in [0.5, 0.6) is 0 Å². The molecule has 2 nitrogen and oxygen atoms in total. The van der Waals surface area contributed by atoms with Crippen molar-refractivity contribution in [3.8, 4) is 78.1 Å². The van der Waals surface area contributed by atoms with E-state index in [4.69, 9.17) is 0 Å². The summed E-state index contributed by atoms with van der Waals surface area (Å²) in [5, 5.41) is 3.63. The topological polar surface area (TPSA) is 9.86 Å². The molecule has 0 saturated carbocycles. The molecule has 0 saturated heterocycles. The zero-order chi connectivity index (χ0) is 42.4. The van der Waals surface area contributed by atoms with Gasteiger partial charge in [-0.05, 0) is 133 Å². The lowest BCUT2D eigenvalue weighted by molar-refractivity contribution is 1.13. The van der Waals surface area contributed by atoms with E-state index in [0.717, 1.165) is 16.9 Å². The molecule has 64 heavy (non-hydrogen) atoms. The molecule has 0 fully saturated rings. The van der Waals surface area contributed by atoms with Gasteiger partial charge in [0.2, 0.25) is 0 Å². The molecule has 0 radical (unpaired) electrons. The van der Waals surface area contributed by atoms with Crippen molar-refractivity contribution in [1.82, 2.24) is 9.13 Å². The standard InChI is InChI=1S/C62H42N2/c1-6-17-43(18-7-1)48-27-16-28-49(35-48)50-29-31-61-59(42-50)57-30-32-60-58(33-34-63(60)55-38-51(44-19-8-2-9-20-44)36-52(39-55)45-21-10-3-11-22-45)62(57)64(61)56-40-53(46-23-12-4-13-24-46)37-54(41-56)47-25-14-5-15-26-47/h1-42H. The smallest absolute Gasteiger partial charge is 0.0635 e. The molecule has 10 aromatic carbocycles. The highest BCUT2D eigenvalue weighted by atomic mass is 15.0. The van der Waals surface area contributed by atoms with Gasteiger partial charge in [-0.15, -0.1) is 0 Å². The zero-order valence-corrected chi connectivity index (χ0v) is 35.1. The van der Waals surface area contributed by atoms with Gasteiger partial charge in [0, 0.05) is 33.7 Å². The molecule has 0 aliphatic carbocycles. The maximum Gasteiger partial charge on any atom is 0.0635 e. The van der Waals surface area contributed by atoms with Crippen LogP contribution in [0.1, 0.15) is 0 Å². The van der Waals surface area contributed by atoms with Crippen LogP contribution < -0.4 is 0 Å². The molecular weight excluding hydrogens is 773 g/mol. The zero-order valence-electron chi connectivity index (χ0n) is 35.1. The first-order chi connectivity index (χ1) is 31.7. The van der Waals surface area contributed by atoms with Crippen LogP contribution in [0.2, 0.25) is 0 Å². The van der Waals surface area contributed by atoms with Gasteiger partial charge < -0.3 is 9.13 Å². The molecule has 300 valence electrons. The molecule has 0 aliphatic heterocycles. The Morgan fingerprint density at radius 1 is 0.219 bits per heavy atom. The Bertz CT molecular complexity index is 3510. The van der Waals surface area contributed by atoms with E-state index < -0.39 is 0 Å². The van der Waals surface area contributed by atoms with Gasteiger partial charge in [0.15, 0.2) is 0 Å². The third-order valence-electron chi connectivity index (χ3n) is 12.7. The van der Waals surface area contributed by atoms with Crippen LogP contribution in [0.25, 0.3) is 111 Å². The van der Waals surface area contributed by atoms with E-state index >= 15 is 0 Å². The minimum Gasteiger partial charge on any atom is -0.316 e. The van der Waals surface area contributed by atoms with Crippen LogP contribution >= 0.6 is 0 Å². The van der Waals surface area contributed by atoms with E-state index in [9.17, 15) is 0 Å². The molecule has 2 aromatic heterocycles. The van der Waals surface area contributed by atoms with E-state index in [1.165, 1.54) is 94.0 Å². The highest BCUT2D eigenvalue weighted by Gasteiger charge is 2.20. The number of hydrogen-bond donors (Lipinski definition) is 0.